The molecule has 1 saturated heterocycles. The van der Waals surface area contributed by atoms with Crippen molar-refractivity contribution >= 4 is 14.3 Å². The van der Waals surface area contributed by atoms with Crippen molar-refractivity contribution in [3.63, 3.8) is 0 Å². The lowest BCUT2D eigenvalue weighted by Crippen LogP contribution is -2.44. The predicted molar refractivity (Wildman–Crippen MR) is 125 cm³/mol. The summed E-state index contributed by atoms with van der Waals surface area (Å²) in [6, 6.07) is 0. The van der Waals surface area contributed by atoms with Crippen molar-refractivity contribution in [2.75, 3.05) is 13.2 Å². The predicted octanol–water partition coefficient (Wildman–Crippen LogP) is 3.55. The normalized spacial score (nSPS) is 21.0. The van der Waals surface area contributed by atoms with Crippen molar-refractivity contribution in [1.29, 1.82) is 0 Å². The van der Waals surface area contributed by atoms with Gasteiger partial charge in [-0.15, -0.1) is 0 Å². The second-order valence-electron chi connectivity index (χ2n) is 9.85. The number of rotatable bonds is 10. The van der Waals surface area contributed by atoms with E-state index in [4.69, 9.17) is 19.4 Å². The summed E-state index contributed by atoms with van der Waals surface area (Å²) in [5.74, 6) is -0.382. The Bertz CT molecular complexity index is 992. The van der Waals surface area contributed by atoms with Crippen LogP contribution in [-0.2, 0) is 18.7 Å². The Morgan fingerprint density at radius 1 is 1.36 bits per heavy atom. The van der Waals surface area contributed by atoms with Crippen LogP contribution in [0.15, 0.2) is 20.9 Å². The van der Waals surface area contributed by atoms with E-state index in [-0.39, 0.29) is 30.5 Å². The third kappa shape index (κ3) is 7.29. The molecule has 0 amide bonds. The first-order valence-corrected chi connectivity index (χ1v) is 14.1. The molecule has 3 atom stereocenters. The van der Waals surface area contributed by atoms with Crippen molar-refractivity contribution in [2.45, 2.75) is 89.9 Å². The Morgan fingerprint density at radius 3 is 2.70 bits per heavy atom. The smallest absolute Gasteiger partial charge is 0.330 e. The van der Waals surface area contributed by atoms with Crippen LogP contribution in [0.25, 0.3) is 10.4 Å². The number of hydrogen-bond donors (Lipinski definition) is 1. The lowest BCUT2D eigenvalue weighted by Gasteiger charge is -2.37. The lowest BCUT2D eigenvalue weighted by molar-refractivity contribution is -0.153. The van der Waals surface area contributed by atoms with Crippen LogP contribution < -0.4 is 11.2 Å². The van der Waals surface area contributed by atoms with Gasteiger partial charge in [0.05, 0.1) is 6.61 Å². The van der Waals surface area contributed by atoms with Crippen molar-refractivity contribution in [2.24, 2.45) is 5.11 Å². The topological polar surface area (TPSA) is 148 Å². The molecule has 1 aliphatic heterocycles. The Morgan fingerprint density at radius 2 is 2.06 bits per heavy atom. The van der Waals surface area contributed by atoms with Crippen molar-refractivity contribution in [3.8, 4) is 0 Å². The summed E-state index contributed by atoms with van der Waals surface area (Å²) in [7, 11) is -2.08. The Balaban J connectivity index is 2.14. The van der Waals surface area contributed by atoms with Gasteiger partial charge in [0.1, 0.15) is 18.4 Å². The number of H-pyrrole nitrogens is 1. The molecular weight excluding hydrogens is 446 g/mol. The van der Waals surface area contributed by atoms with Crippen molar-refractivity contribution < 1.29 is 18.7 Å². The van der Waals surface area contributed by atoms with Crippen LogP contribution >= 0.6 is 0 Å². The Labute approximate surface area is 194 Å². The van der Waals surface area contributed by atoms with Crippen LogP contribution in [0.4, 0.5) is 0 Å². The van der Waals surface area contributed by atoms with Gasteiger partial charge in [-0.25, -0.2) is 4.79 Å². The number of esters is 1. The van der Waals surface area contributed by atoms with Gasteiger partial charge in [0.15, 0.2) is 8.32 Å². The molecular formula is C21H35N5O6Si. The summed E-state index contributed by atoms with van der Waals surface area (Å²) in [5, 5.41) is 3.45. The summed E-state index contributed by atoms with van der Waals surface area (Å²) in [6.07, 6.45) is 1.21. The number of hydrogen-bond acceptors (Lipinski definition) is 7. The standard InChI is InChI=1S/C21H35N5O6Si/c1-14-12-26(20(29)24-19(14)28)17-11-15(32-18(27)9-7-8-10-23-25-22)16(31-17)13-30-33(5,6)21(2,3)4/h12,15-17H,7-11,13H2,1-6H3,(H,24,28,29)/t15-,16+,17+/m0/s1. The summed E-state index contributed by atoms with van der Waals surface area (Å²) in [4.78, 5) is 41.5. The zero-order valence-electron chi connectivity index (χ0n) is 20.3. The van der Waals surface area contributed by atoms with Gasteiger partial charge in [-0.2, -0.15) is 0 Å². The largest absolute Gasteiger partial charge is 0.459 e. The number of carbonyl (C=O) groups excluding carboxylic acids is 1. The monoisotopic (exact) mass is 481 g/mol. The second kappa shape index (κ2) is 11.1. The molecule has 0 spiro atoms. The van der Waals surface area contributed by atoms with Crippen LogP contribution in [0, 0.1) is 6.92 Å². The third-order valence-electron chi connectivity index (χ3n) is 6.29. The number of carbonyl (C=O) groups is 1. The maximum Gasteiger partial charge on any atom is 0.330 e. The molecule has 0 bridgehead atoms. The first-order chi connectivity index (χ1) is 15.4. The van der Waals surface area contributed by atoms with Crippen LogP contribution in [0.3, 0.4) is 0 Å². The molecule has 0 radical (unpaired) electrons. The van der Waals surface area contributed by atoms with Crippen LogP contribution in [0.1, 0.15) is 58.2 Å². The summed E-state index contributed by atoms with van der Waals surface area (Å²) >= 11 is 0. The number of unbranched alkanes of at least 4 members (excludes halogenated alkanes) is 1. The van der Waals surface area contributed by atoms with E-state index in [0.717, 1.165) is 0 Å². The van der Waals surface area contributed by atoms with Gasteiger partial charge in [-0.3, -0.25) is 19.1 Å². The first-order valence-electron chi connectivity index (χ1n) is 11.2. The summed E-state index contributed by atoms with van der Waals surface area (Å²) in [6.45, 7) is 12.8. The molecule has 0 aromatic carbocycles. The molecule has 33 heavy (non-hydrogen) atoms. The molecule has 2 heterocycles. The number of nitrogens with zero attached hydrogens (tertiary/aromatic N) is 4. The average Bonchev–Trinajstić information content (AvgIpc) is 3.10. The highest BCUT2D eigenvalue weighted by atomic mass is 28.4. The molecule has 0 saturated carbocycles. The fourth-order valence-corrected chi connectivity index (χ4v) is 4.19. The molecule has 1 fully saturated rings. The van der Waals surface area contributed by atoms with E-state index in [0.29, 0.717) is 24.9 Å². The lowest BCUT2D eigenvalue weighted by atomic mass is 10.1. The quantitative estimate of drug-likeness (QED) is 0.135. The molecule has 2 rings (SSSR count). The number of aromatic amines is 1. The molecule has 1 aromatic rings. The fraction of sp³-hybridized carbons (Fsp3) is 0.762. The minimum Gasteiger partial charge on any atom is -0.459 e. The van der Waals surface area contributed by atoms with E-state index >= 15 is 0 Å². The first kappa shape index (κ1) is 26.8. The van der Waals surface area contributed by atoms with E-state index in [1.807, 2.05) is 0 Å². The Hall–Kier alpha value is -2.40. The van der Waals surface area contributed by atoms with Crippen molar-refractivity contribution in [3.05, 3.63) is 43.0 Å². The zero-order chi connectivity index (χ0) is 24.8. The summed E-state index contributed by atoms with van der Waals surface area (Å²) in [5.41, 5.74) is 7.68. The number of azide groups is 1. The van der Waals surface area contributed by atoms with Crippen molar-refractivity contribution in [1.82, 2.24) is 9.55 Å². The van der Waals surface area contributed by atoms with E-state index in [2.05, 4.69) is 48.9 Å². The fourth-order valence-electron chi connectivity index (χ4n) is 3.18. The Kier molecular flexibility index (Phi) is 9.07. The van der Waals surface area contributed by atoms with Gasteiger partial charge in [0.2, 0.25) is 0 Å². The average molecular weight is 482 g/mol. The van der Waals surface area contributed by atoms with E-state index < -0.39 is 38.0 Å². The molecule has 11 nitrogen and oxygen atoms in total. The van der Waals surface area contributed by atoms with E-state index in [9.17, 15) is 14.4 Å². The number of ether oxygens (including phenoxy) is 2. The third-order valence-corrected chi connectivity index (χ3v) is 10.8. The van der Waals surface area contributed by atoms with Crippen LogP contribution in [0.2, 0.25) is 18.1 Å². The van der Waals surface area contributed by atoms with Gasteiger partial charge in [-0.1, -0.05) is 25.9 Å². The summed E-state index contributed by atoms with van der Waals surface area (Å²) < 4.78 is 19.4. The molecule has 1 aliphatic rings. The zero-order valence-corrected chi connectivity index (χ0v) is 21.3. The van der Waals surface area contributed by atoms with Gasteiger partial charge in [0, 0.05) is 36.1 Å². The highest BCUT2D eigenvalue weighted by Crippen LogP contribution is 2.38. The minimum absolute atomic E-state index is 0.00391. The number of aryl methyl sites for hydroxylation is 1. The van der Waals surface area contributed by atoms with Gasteiger partial charge in [-0.05, 0) is 43.4 Å². The highest BCUT2D eigenvalue weighted by molar-refractivity contribution is 6.74. The SMILES string of the molecule is Cc1cn([C@H]2C[C@H](OC(=O)CCCCN=[N+]=[N-])[C@@H](CO[Si](C)(C)C(C)(C)C)O2)c(=O)[nH]c1=O. The van der Waals surface area contributed by atoms with Crippen LogP contribution in [-0.4, -0.2) is 49.2 Å². The molecule has 184 valence electrons. The molecule has 1 aromatic heterocycles. The van der Waals surface area contributed by atoms with E-state index in [1.165, 1.54) is 10.8 Å². The van der Waals surface area contributed by atoms with E-state index in [1.54, 1.807) is 6.92 Å². The van der Waals surface area contributed by atoms with Gasteiger partial charge >= 0.3 is 11.7 Å². The molecule has 12 heteroatoms. The van der Waals surface area contributed by atoms with Crippen LogP contribution in [0.5, 0.6) is 0 Å². The second-order valence-corrected chi connectivity index (χ2v) is 14.7. The number of nitrogens with one attached hydrogen (secondary N) is 1. The molecule has 0 aliphatic carbocycles. The van der Waals surface area contributed by atoms with Gasteiger partial charge in [0.25, 0.3) is 5.56 Å². The molecule has 1 N–H and O–H groups in total. The molecule has 0 unspecified atom stereocenters. The number of aromatic nitrogens is 2. The highest BCUT2D eigenvalue weighted by Gasteiger charge is 2.43. The maximum atomic E-state index is 12.4. The van der Waals surface area contributed by atoms with Gasteiger partial charge < -0.3 is 13.9 Å². The minimum atomic E-state index is -2.08. The maximum absolute atomic E-state index is 12.4.